The number of nitrogens with one attached hydrogen (secondary N) is 2. The van der Waals surface area contributed by atoms with Gasteiger partial charge in [0.25, 0.3) is 0 Å². The van der Waals surface area contributed by atoms with Crippen molar-refractivity contribution in [3.8, 4) is 17.0 Å². The number of para-hydroxylation sites is 1. The van der Waals surface area contributed by atoms with E-state index in [1.165, 1.54) is 6.08 Å². The molecular weight excluding hydrogens is 350 g/mol. The molecule has 0 aliphatic carbocycles. The van der Waals surface area contributed by atoms with Crippen molar-refractivity contribution in [3.63, 3.8) is 0 Å². The minimum atomic E-state index is -0.130. The molecule has 0 spiro atoms. The van der Waals surface area contributed by atoms with Crippen LogP contribution in [0.2, 0.25) is 0 Å². The highest BCUT2D eigenvalue weighted by Crippen LogP contribution is 2.33. The topological polar surface area (TPSA) is 67.0 Å². The number of allylic oxidation sites excluding steroid dienone is 1. The van der Waals surface area contributed by atoms with Crippen LogP contribution in [0, 0.1) is 0 Å². The first-order valence-corrected chi connectivity index (χ1v) is 9.15. The van der Waals surface area contributed by atoms with Gasteiger partial charge in [-0.05, 0) is 49.4 Å². The fraction of sp³-hybridized carbons (Fsp3) is 0.130. The van der Waals surface area contributed by atoms with Crippen molar-refractivity contribution in [1.82, 2.24) is 15.3 Å². The number of ether oxygens (including phenoxy) is 1. The molecular formula is C23H21N3O2. The zero-order valence-electron chi connectivity index (χ0n) is 15.8. The smallest absolute Gasteiger partial charge is 0.243 e. The van der Waals surface area contributed by atoms with Gasteiger partial charge in [-0.3, -0.25) is 4.79 Å². The molecule has 2 heterocycles. The van der Waals surface area contributed by atoms with Crippen LogP contribution in [0.25, 0.3) is 33.1 Å². The van der Waals surface area contributed by atoms with Gasteiger partial charge in [0.2, 0.25) is 5.91 Å². The third-order valence-electron chi connectivity index (χ3n) is 4.67. The molecule has 1 amide bonds. The van der Waals surface area contributed by atoms with Gasteiger partial charge < -0.3 is 15.0 Å². The molecule has 0 aliphatic heterocycles. The summed E-state index contributed by atoms with van der Waals surface area (Å²) in [5, 5.41) is 5.11. The molecule has 2 aromatic carbocycles. The molecule has 4 aromatic rings. The van der Waals surface area contributed by atoms with Gasteiger partial charge in [0, 0.05) is 21.9 Å². The molecule has 5 nitrogen and oxygen atoms in total. The Hall–Kier alpha value is -3.60. The summed E-state index contributed by atoms with van der Waals surface area (Å²) in [7, 11) is 1.65. The van der Waals surface area contributed by atoms with Gasteiger partial charge >= 0.3 is 0 Å². The largest absolute Gasteiger partial charge is 0.497 e. The van der Waals surface area contributed by atoms with Crippen molar-refractivity contribution in [2.45, 2.75) is 13.5 Å². The predicted molar refractivity (Wildman–Crippen MR) is 112 cm³/mol. The predicted octanol–water partition coefficient (Wildman–Crippen LogP) is 4.58. The summed E-state index contributed by atoms with van der Waals surface area (Å²) in [4.78, 5) is 20.2. The Bertz CT molecular complexity index is 1170. The van der Waals surface area contributed by atoms with Crippen LogP contribution < -0.4 is 10.1 Å². The van der Waals surface area contributed by atoms with Crippen LogP contribution in [0.5, 0.6) is 5.75 Å². The SMILES string of the molecule is C/C=C/C(=O)NCc1cc2c([nH]c3ccccc32)c(-c2ccc(OC)cc2)n1. The zero-order valence-corrected chi connectivity index (χ0v) is 15.8. The van der Waals surface area contributed by atoms with E-state index in [9.17, 15) is 4.79 Å². The number of carbonyl (C=O) groups excluding carboxylic acids is 1. The van der Waals surface area contributed by atoms with Crippen LogP contribution in [-0.4, -0.2) is 23.0 Å². The van der Waals surface area contributed by atoms with Crippen LogP contribution in [0.3, 0.4) is 0 Å². The lowest BCUT2D eigenvalue weighted by atomic mass is 10.1. The maximum atomic E-state index is 11.8. The second kappa shape index (κ2) is 7.56. The average molecular weight is 371 g/mol. The van der Waals surface area contributed by atoms with Crippen LogP contribution in [0.1, 0.15) is 12.6 Å². The third kappa shape index (κ3) is 3.34. The lowest BCUT2D eigenvalue weighted by molar-refractivity contribution is -0.116. The molecule has 0 atom stereocenters. The van der Waals surface area contributed by atoms with E-state index in [2.05, 4.69) is 22.4 Å². The zero-order chi connectivity index (χ0) is 19.5. The molecule has 0 fully saturated rings. The number of hydrogen-bond donors (Lipinski definition) is 2. The number of pyridine rings is 1. The maximum absolute atomic E-state index is 11.8. The maximum Gasteiger partial charge on any atom is 0.243 e. The van der Waals surface area contributed by atoms with E-state index in [0.29, 0.717) is 6.54 Å². The molecule has 4 rings (SSSR count). The van der Waals surface area contributed by atoms with Crippen molar-refractivity contribution in [2.75, 3.05) is 7.11 Å². The molecule has 0 saturated carbocycles. The number of aromatic nitrogens is 2. The lowest BCUT2D eigenvalue weighted by Crippen LogP contribution is -2.20. The van der Waals surface area contributed by atoms with Crippen LogP contribution in [-0.2, 0) is 11.3 Å². The first-order chi connectivity index (χ1) is 13.7. The highest BCUT2D eigenvalue weighted by molar-refractivity contribution is 6.11. The summed E-state index contributed by atoms with van der Waals surface area (Å²) in [6.45, 7) is 2.18. The summed E-state index contributed by atoms with van der Waals surface area (Å²) >= 11 is 0. The van der Waals surface area contributed by atoms with Crippen LogP contribution in [0.4, 0.5) is 0 Å². The Morgan fingerprint density at radius 2 is 1.93 bits per heavy atom. The van der Waals surface area contributed by atoms with E-state index in [0.717, 1.165) is 44.5 Å². The average Bonchev–Trinajstić information content (AvgIpc) is 3.11. The lowest BCUT2D eigenvalue weighted by Gasteiger charge is -2.09. The molecule has 2 aromatic heterocycles. The van der Waals surface area contributed by atoms with Gasteiger partial charge in [0.1, 0.15) is 5.75 Å². The number of H-pyrrole nitrogens is 1. The highest BCUT2D eigenvalue weighted by atomic mass is 16.5. The number of methoxy groups -OCH3 is 1. The van der Waals surface area contributed by atoms with Gasteiger partial charge in [0.15, 0.2) is 0 Å². The normalized spacial score (nSPS) is 11.4. The number of aromatic amines is 1. The van der Waals surface area contributed by atoms with Gasteiger partial charge in [-0.15, -0.1) is 0 Å². The molecule has 2 N–H and O–H groups in total. The van der Waals surface area contributed by atoms with Crippen molar-refractivity contribution >= 4 is 27.7 Å². The van der Waals surface area contributed by atoms with Crippen LogP contribution >= 0.6 is 0 Å². The second-order valence-electron chi connectivity index (χ2n) is 6.50. The third-order valence-corrected chi connectivity index (χ3v) is 4.67. The second-order valence-corrected chi connectivity index (χ2v) is 6.50. The first kappa shape index (κ1) is 17.8. The van der Waals surface area contributed by atoms with E-state index < -0.39 is 0 Å². The van der Waals surface area contributed by atoms with Crippen LogP contribution in [0.15, 0.2) is 66.7 Å². The minimum Gasteiger partial charge on any atom is -0.497 e. The summed E-state index contributed by atoms with van der Waals surface area (Å²) in [6, 6.07) is 18.1. The van der Waals surface area contributed by atoms with Gasteiger partial charge in [-0.25, -0.2) is 4.98 Å². The summed E-state index contributed by atoms with van der Waals surface area (Å²) in [6.07, 6.45) is 3.23. The Kier molecular flexibility index (Phi) is 4.81. The first-order valence-electron chi connectivity index (χ1n) is 9.15. The highest BCUT2D eigenvalue weighted by Gasteiger charge is 2.14. The fourth-order valence-electron chi connectivity index (χ4n) is 3.34. The summed E-state index contributed by atoms with van der Waals surface area (Å²) in [5.74, 6) is 0.667. The number of rotatable bonds is 5. The quantitative estimate of drug-likeness (QED) is 0.505. The molecule has 0 bridgehead atoms. The van der Waals surface area contributed by atoms with Gasteiger partial charge in [-0.1, -0.05) is 24.3 Å². The molecule has 140 valence electrons. The van der Waals surface area contributed by atoms with Crippen molar-refractivity contribution < 1.29 is 9.53 Å². The number of carbonyl (C=O) groups is 1. The Labute approximate surface area is 163 Å². The van der Waals surface area contributed by atoms with Crippen molar-refractivity contribution in [3.05, 3.63) is 72.4 Å². The van der Waals surface area contributed by atoms with E-state index in [1.807, 2.05) is 49.4 Å². The summed E-state index contributed by atoms with van der Waals surface area (Å²) in [5.41, 5.74) is 4.69. The fourth-order valence-corrected chi connectivity index (χ4v) is 3.34. The molecule has 5 heteroatoms. The molecule has 0 unspecified atom stereocenters. The molecule has 28 heavy (non-hydrogen) atoms. The Morgan fingerprint density at radius 1 is 1.14 bits per heavy atom. The van der Waals surface area contributed by atoms with Gasteiger partial charge in [-0.2, -0.15) is 0 Å². The minimum absolute atomic E-state index is 0.130. The monoisotopic (exact) mass is 371 g/mol. The number of fused-ring (bicyclic) bond motifs is 3. The summed E-state index contributed by atoms with van der Waals surface area (Å²) < 4.78 is 5.27. The van der Waals surface area contributed by atoms with E-state index in [4.69, 9.17) is 9.72 Å². The number of nitrogens with zero attached hydrogens (tertiary/aromatic N) is 1. The number of benzene rings is 2. The Balaban J connectivity index is 1.86. The van der Waals surface area contributed by atoms with Crippen molar-refractivity contribution in [2.24, 2.45) is 0 Å². The van der Waals surface area contributed by atoms with E-state index in [-0.39, 0.29) is 5.91 Å². The van der Waals surface area contributed by atoms with E-state index >= 15 is 0 Å². The molecule has 0 saturated heterocycles. The van der Waals surface area contributed by atoms with Gasteiger partial charge in [0.05, 0.1) is 30.6 Å². The Morgan fingerprint density at radius 3 is 2.68 bits per heavy atom. The standard InChI is InChI=1S/C23H21N3O2/c1-3-6-21(27)24-14-16-13-19-18-7-4-5-8-20(18)26-23(19)22(25-16)15-9-11-17(28-2)12-10-15/h3-13,26H,14H2,1-2H3,(H,24,27)/b6-3+. The molecule has 0 radical (unpaired) electrons. The van der Waals surface area contributed by atoms with Crippen molar-refractivity contribution in [1.29, 1.82) is 0 Å². The molecule has 0 aliphatic rings. The van der Waals surface area contributed by atoms with E-state index in [1.54, 1.807) is 13.2 Å². The number of amides is 1. The number of hydrogen-bond acceptors (Lipinski definition) is 3.